The zero-order valence-corrected chi connectivity index (χ0v) is 15.4. The average Bonchev–Trinajstić information content (AvgIpc) is 2.75. The number of esters is 1. The lowest BCUT2D eigenvalue weighted by Crippen LogP contribution is -2.62. The molecule has 0 spiro atoms. The van der Waals surface area contributed by atoms with E-state index < -0.39 is 11.9 Å². The van der Waals surface area contributed by atoms with Crippen LogP contribution in [-0.4, -0.2) is 58.5 Å². The maximum absolute atomic E-state index is 12.6. The SMILES string of the molecule is CC(C)[N+]1(C)C2CCC1CC(OC(=O)C(CO)c1ccccc1O)C2. The lowest BCUT2D eigenvalue weighted by molar-refractivity contribution is -0.968. The highest BCUT2D eigenvalue weighted by atomic mass is 16.5. The third-order valence-electron chi connectivity index (χ3n) is 6.65. The van der Waals surface area contributed by atoms with Gasteiger partial charge in [-0.05, 0) is 19.9 Å². The fraction of sp³-hybridized carbons (Fsp3) is 0.650. The Morgan fingerprint density at radius 3 is 2.36 bits per heavy atom. The lowest BCUT2D eigenvalue weighted by Gasteiger charge is -2.49. The van der Waals surface area contributed by atoms with Crippen molar-refractivity contribution in [2.45, 2.75) is 69.7 Å². The molecule has 2 aliphatic heterocycles. The van der Waals surface area contributed by atoms with Gasteiger partial charge in [0.05, 0.1) is 31.8 Å². The van der Waals surface area contributed by atoms with Crippen molar-refractivity contribution in [2.75, 3.05) is 13.7 Å². The van der Waals surface area contributed by atoms with Gasteiger partial charge >= 0.3 is 5.97 Å². The number of aliphatic hydroxyl groups is 1. The molecule has 2 bridgehead atoms. The molecule has 3 unspecified atom stereocenters. The van der Waals surface area contributed by atoms with Crippen LogP contribution < -0.4 is 0 Å². The standard InChI is InChI=1S/C20H29NO4/c1-13(2)21(3)14-8-9-15(21)11-16(10-14)25-20(24)18(12-22)17-6-4-5-7-19(17)23/h4-7,13-16,18,22H,8-12H2,1-3H3/p+1. The molecule has 2 aliphatic rings. The minimum atomic E-state index is -0.827. The summed E-state index contributed by atoms with van der Waals surface area (Å²) in [5.41, 5.74) is 0.427. The van der Waals surface area contributed by atoms with Crippen LogP contribution in [0, 0.1) is 0 Å². The molecule has 5 nitrogen and oxygen atoms in total. The highest BCUT2D eigenvalue weighted by Crippen LogP contribution is 2.44. The smallest absolute Gasteiger partial charge is 0.316 e. The molecule has 3 atom stereocenters. The van der Waals surface area contributed by atoms with Gasteiger partial charge in [-0.2, -0.15) is 0 Å². The van der Waals surface area contributed by atoms with Gasteiger partial charge in [0.2, 0.25) is 0 Å². The molecular weight excluding hydrogens is 318 g/mol. The fourth-order valence-corrected chi connectivity index (χ4v) is 4.90. The molecule has 2 fully saturated rings. The number of aromatic hydroxyl groups is 1. The predicted octanol–water partition coefficient (Wildman–Crippen LogP) is 2.56. The van der Waals surface area contributed by atoms with Crippen LogP contribution in [0.15, 0.2) is 24.3 Å². The molecule has 5 heteroatoms. The van der Waals surface area contributed by atoms with E-state index >= 15 is 0 Å². The third kappa shape index (κ3) is 3.15. The molecule has 1 aromatic carbocycles. The highest BCUT2D eigenvalue weighted by Gasteiger charge is 2.53. The second-order valence-corrected chi connectivity index (χ2v) is 8.02. The number of nitrogens with zero attached hydrogens (tertiary/aromatic N) is 1. The number of para-hydroxylation sites is 1. The Kier molecular flexibility index (Phi) is 5.07. The van der Waals surface area contributed by atoms with E-state index in [1.54, 1.807) is 18.2 Å². The first kappa shape index (κ1) is 18.2. The molecule has 0 amide bonds. The van der Waals surface area contributed by atoms with Crippen LogP contribution in [0.3, 0.4) is 0 Å². The largest absolute Gasteiger partial charge is 0.508 e. The molecular formula is C20H30NO4+. The first-order valence-corrected chi connectivity index (χ1v) is 9.32. The van der Waals surface area contributed by atoms with Crippen LogP contribution in [0.25, 0.3) is 0 Å². The highest BCUT2D eigenvalue weighted by molar-refractivity contribution is 5.79. The molecule has 2 saturated heterocycles. The summed E-state index contributed by atoms with van der Waals surface area (Å²) in [4.78, 5) is 12.6. The number of carbonyl (C=O) groups is 1. The van der Waals surface area contributed by atoms with Crippen LogP contribution >= 0.6 is 0 Å². The number of fused-ring (bicyclic) bond motifs is 2. The molecule has 1 aromatic rings. The van der Waals surface area contributed by atoms with Crippen LogP contribution in [0.1, 0.15) is 51.0 Å². The minimum Gasteiger partial charge on any atom is -0.508 e. The van der Waals surface area contributed by atoms with Gasteiger partial charge in [0.1, 0.15) is 17.8 Å². The first-order chi connectivity index (χ1) is 11.9. The first-order valence-electron chi connectivity index (χ1n) is 9.32. The van der Waals surface area contributed by atoms with Crippen LogP contribution in [0.4, 0.5) is 0 Å². The monoisotopic (exact) mass is 348 g/mol. The molecule has 2 N–H and O–H groups in total. The van der Waals surface area contributed by atoms with Crippen LogP contribution in [0.2, 0.25) is 0 Å². The van der Waals surface area contributed by atoms with Gasteiger partial charge in [-0.25, -0.2) is 0 Å². The number of piperidine rings is 1. The maximum atomic E-state index is 12.6. The number of phenolic OH excluding ortho intramolecular Hbond substituents is 1. The molecule has 3 rings (SSSR count). The summed E-state index contributed by atoms with van der Waals surface area (Å²) in [6.45, 7) is 4.19. The van der Waals surface area contributed by atoms with Crippen molar-refractivity contribution >= 4 is 5.97 Å². The van der Waals surface area contributed by atoms with Crippen molar-refractivity contribution in [1.29, 1.82) is 0 Å². The fourth-order valence-electron chi connectivity index (χ4n) is 4.90. The Hall–Kier alpha value is -1.59. The van der Waals surface area contributed by atoms with E-state index in [9.17, 15) is 15.0 Å². The molecule has 0 radical (unpaired) electrons. The van der Waals surface area contributed by atoms with Crippen molar-refractivity contribution in [3.8, 4) is 5.75 Å². The van der Waals surface area contributed by atoms with Crippen LogP contribution in [0.5, 0.6) is 5.75 Å². The second kappa shape index (κ2) is 6.96. The van der Waals surface area contributed by atoms with Gasteiger partial charge in [-0.3, -0.25) is 4.79 Å². The Morgan fingerprint density at radius 1 is 1.24 bits per heavy atom. The van der Waals surface area contributed by atoms with Gasteiger partial charge < -0.3 is 19.4 Å². The van der Waals surface area contributed by atoms with Gasteiger partial charge in [0.15, 0.2) is 0 Å². The van der Waals surface area contributed by atoms with Crippen LogP contribution in [-0.2, 0) is 9.53 Å². The van der Waals surface area contributed by atoms with Crippen molar-refractivity contribution in [2.24, 2.45) is 0 Å². The minimum absolute atomic E-state index is 0.0197. The zero-order chi connectivity index (χ0) is 18.2. The van der Waals surface area contributed by atoms with E-state index in [2.05, 4.69) is 20.9 Å². The number of carbonyl (C=O) groups excluding carboxylic acids is 1. The lowest BCUT2D eigenvalue weighted by atomic mass is 9.94. The second-order valence-electron chi connectivity index (χ2n) is 8.02. The number of hydrogen-bond donors (Lipinski definition) is 2. The predicted molar refractivity (Wildman–Crippen MR) is 95.2 cm³/mol. The summed E-state index contributed by atoms with van der Waals surface area (Å²) in [6, 6.07) is 8.27. The van der Waals surface area contributed by atoms with Crippen molar-refractivity contribution < 1.29 is 24.2 Å². The summed E-state index contributed by atoms with van der Waals surface area (Å²) in [6.07, 6.45) is 4.06. The van der Waals surface area contributed by atoms with E-state index in [1.807, 2.05) is 0 Å². The number of rotatable bonds is 5. The summed E-state index contributed by atoms with van der Waals surface area (Å²) in [5.74, 6) is -1.24. The Balaban J connectivity index is 1.69. The van der Waals surface area contributed by atoms with E-state index in [0.29, 0.717) is 23.7 Å². The number of aliphatic hydroxyl groups excluding tert-OH is 1. The number of quaternary nitrogens is 1. The molecule has 2 heterocycles. The van der Waals surface area contributed by atoms with E-state index in [4.69, 9.17) is 4.74 Å². The maximum Gasteiger partial charge on any atom is 0.316 e. The molecule has 0 saturated carbocycles. The van der Waals surface area contributed by atoms with Gasteiger partial charge in [-0.15, -0.1) is 0 Å². The Labute approximate surface area is 149 Å². The Bertz CT molecular complexity index is 616. The molecule has 25 heavy (non-hydrogen) atoms. The quantitative estimate of drug-likeness (QED) is 0.634. The summed E-state index contributed by atoms with van der Waals surface area (Å²) < 4.78 is 6.87. The summed E-state index contributed by atoms with van der Waals surface area (Å²) in [5, 5.41) is 19.6. The Morgan fingerprint density at radius 2 is 1.84 bits per heavy atom. The van der Waals surface area contributed by atoms with Gasteiger partial charge in [-0.1, -0.05) is 18.2 Å². The van der Waals surface area contributed by atoms with E-state index in [0.717, 1.165) is 17.3 Å². The van der Waals surface area contributed by atoms with Gasteiger partial charge in [0.25, 0.3) is 0 Å². The van der Waals surface area contributed by atoms with Crippen molar-refractivity contribution in [1.82, 2.24) is 0 Å². The normalized spacial score (nSPS) is 32.6. The van der Waals surface area contributed by atoms with Crippen molar-refractivity contribution in [3.63, 3.8) is 0 Å². The third-order valence-corrected chi connectivity index (χ3v) is 6.65. The van der Waals surface area contributed by atoms with E-state index in [1.165, 1.54) is 18.9 Å². The number of hydrogen-bond acceptors (Lipinski definition) is 4. The van der Waals surface area contributed by atoms with E-state index in [-0.39, 0.29) is 18.5 Å². The summed E-state index contributed by atoms with van der Waals surface area (Å²) in [7, 11) is 2.34. The molecule has 0 aliphatic carbocycles. The summed E-state index contributed by atoms with van der Waals surface area (Å²) >= 11 is 0. The topological polar surface area (TPSA) is 66.8 Å². The number of phenols is 1. The molecule has 138 valence electrons. The van der Waals surface area contributed by atoms with Gasteiger partial charge in [0, 0.05) is 31.2 Å². The van der Waals surface area contributed by atoms with Crippen molar-refractivity contribution in [3.05, 3.63) is 29.8 Å². The molecule has 0 aromatic heterocycles. The zero-order valence-electron chi connectivity index (χ0n) is 15.4. The number of benzene rings is 1. The average molecular weight is 348 g/mol. The number of ether oxygens (including phenoxy) is 1.